The van der Waals surface area contributed by atoms with E-state index in [1.54, 1.807) is 25.3 Å². The number of rotatable bonds is 7. The Bertz CT molecular complexity index is 646. The zero-order valence-electron chi connectivity index (χ0n) is 12.7. The lowest BCUT2D eigenvalue weighted by Crippen LogP contribution is -2.01. The second-order valence-corrected chi connectivity index (χ2v) is 5.96. The number of aromatic carboxylic acids is 1. The Labute approximate surface area is 134 Å². The summed E-state index contributed by atoms with van der Waals surface area (Å²) < 4.78 is 0. The number of aryl methyl sites for hydroxylation is 1. The number of carboxylic acids is 1. The van der Waals surface area contributed by atoms with Crippen LogP contribution in [-0.2, 0) is 11.3 Å². The normalized spacial score (nSPS) is 12.5. The lowest BCUT2D eigenvalue weighted by atomic mass is 10.0. The molecule has 5 heteroatoms. The van der Waals surface area contributed by atoms with E-state index >= 15 is 0 Å². The minimum Gasteiger partial charge on any atom is -0.477 e. The van der Waals surface area contributed by atoms with E-state index in [-0.39, 0.29) is 6.10 Å². The molecule has 2 aromatic rings. The van der Waals surface area contributed by atoms with Crippen LogP contribution in [0.15, 0.2) is 41.6 Å². The Morgan fingerprint density at radius 3 is 2.59 bits per heavy atom. The van der Waals surface area contributed by atoms with Crippen molar-refractivity contribution in [3.05, 3.63) is 57.3 Å². The number of benzene rings is 1. The van der Waals surface area contributed by atoms with E-state index in [1.807, 2.05) is 12.1 Å². The van der Waals surface area contributed by atoms with Crippen LogP contribution in [0.3, 0.4) is 0 Å². The molecule has 0 aliphatic heterocycles. The Morgan fingerprint density at radius 1 is 1.32 bits per heavy atom. The third kappa shape index (κ3) is 3.95. The highest BCUT2D eigenvalue weighted by molar-refractivity contribution is 7.14. The van der Waals surface area contributed by atoms with Crippen molar-refractivity contribution < 1.29 is 14.7 Å². The SMILES string of the molecule is C/C=N/OC(c1ccc(CCC)cc1)c1ccc(C(=O)O)s1. The molecule has 4 nitrogen and oxygen atoms in total. The van der Waals surface area contributed by atoms with Gasteiger partial charge in [-0.05, 0) is 31.0 Å². The van der Waals surface area contributed by atoms with Crippen molar-refractivity contribution in [3.63, 3.8) is 0 Å². The zero-order valence-corrected chi connectivity index (χ0v) is 13.5. The molecule has 1 aromatic heterocycles. The summed E-state index contributed by atoms with van der Waals surface area (Å²) in [7, 11) is 0. The second kappa shape index (κ2) is 7.75. The van der Waals surface area contributed by atoms with Crippen LogP contribution in [0.4, 0.5) is 0 Å². The standard InChI is InChI=1S/C17H19NO3S/c1-3-5-12-6-8-13(9-7-12)16(21-18-4-2)14-10-11-15(22-14)17(19)20/h4,6-11,16H,3,5H2,1-2H3,(H,19,20)/b18-4+. The molecule has 1 atom stereocenters. The minimum atomic E-state index is -0.924. The topological polar surface area (TPSA) is 58.9 Å². The average molecular weight is 317 g/mol. The van der Waals surface area contributed by atoms with Gasteiger partial charge in [0.15, 0.2) is 6.10 Å². The van der Waals surface area contributed by atoms with Gasteiger partial charge in [0.1, 0.15) is 4.88 Å². The molecule has 0 fully saturated rings. The van der Waals surface area contributed by atoms with Gasteiger partial charge in [0, 0.05) is 11.8 Å². The maximum atomic E-state index is 11.0. The summed E-state index contributed by atoms with van der Waals surface area (Å²) in [4.78, 5) is 17.7. The summed E-state index contributed by atoms with van der Waals surface area (Å²) in [6.07, 6.45) is 3.34. The van der Waals surface area contributed by atoms with Crippen molar-refractivity contribution in [1.29, 1.82) is 0 Å². The van der Waals surface area contributed by atoms with Gasteiger partial charge in [0.25, 0.3) is 0 Å². The summed E-state index contributed by atoms with van der Waals surface area (Å²) in [6, 6.07) is 11.6. The maximum absolute atomic E-state index is 11.0. The quantitative estimate of drug-likeness (QED) is 0.604. The van der Waals surface area contributed by atoms with E-state index in [9.17, 15) is 4.79 Å². The largest absolute Gasteiger partial charge is 0.477 e. The van der Waals surface area contributed by atoms with E-state index in [0.29, 0.717) is 4.88 Å². The molecule has 2 rings (SSSR count). The highest BCUT2D eigenvalue weighted by Crippen LogP contribution is 2.32. The van der Waals surface area contributed by atoms with Gasteiger partial charge in [-0.2, -0.15) is 0 Å². The van der Waals surface area contributed by atoms with Crippen LogP contribution < -0.4 is 0 Å². The molecule has 0 saturated carbocycles. The molecule has 0 aliphatic carbocycles. The van der Waals surface area contributed by atoms with E-state index in [4.69, 9.17) is 9.94 Å². The smallest absolute Gasteiger partial charge is 0.345 e. The number of nitrogens with zero attached hydrogens (tertiary/aromatic N) is 1. The van der Waals surface area contributed by atoms with Crippen LogP contribution in [0.5, 0.6) is 0 Å². The van der Waals surface area contributed by atoms with Crippen molar-refractivity contribution in [2.45, 2.75) is 32.8 Å². The van der Waals surface area contributed by atoms with Crippen LogP contribution in [0.1, 0.15) is 52.0 Å². The van der Waals surface area contributed by atoms with E-state index in [2.05, 4.69) is 24.2 Å². The Kier molecular flexibility index (Phi) is 5.72. The van der Waals surface area contributed by atoms with Crippen LogP contribution in [0, 0.1) is 0 Å². The Balaban J connectivity index is 2.29. The predicted molar refractivity (Wildman–Crippen MR) is 88.8 cm³/mol. The average Bonchev–Trinajstić information content (AvgIpc) is 2.99. The van der Waals surface area contributed by atoms with Crippen molar-refractivity contribution in [1.82, 2.24) is 0 Å². The summed E-state index contributed by atoms with van der Waals surface area (Å²) in [5.41, 5.74) is 2.24. The third-order valence-corrected chi connectivity index (χ3v) is 4.31. The minimum absolute atomic E-state index is 0.298. The van der Waals surface area contributed by atoms with Gasteiger partial charge in [-0.3, -0.25) is 0 Å². The first kappa shape index (κ1) is 16.2. The predicted octanol–water partition coefficient (Wildman–Crippen LogP) is 4.51. The molecule has 0 aliphatic rings. The maximum Gasteiger partial charge on any atom is 0.345 e. The molecule has 0 spiro atoms. The van der Waals surface area contributed by atoms with Crippen molar-refractivity contribution in [3.8, 4) is 0 Å². The first-order valence-electron chi connectivity index (χ1n) is 7.21. The molecular weight excluding hydrogens is 298 g/mol. The number of carboxylic acid groups (broad SMARTS) is 1. The van der Waals surface area contributed by atoms with Crippen LogP contribution >= 0.6 is 11.3 Å². The van der Waals surface area contributed by atoms with Gasteiger partial charge in [-0.1, -0.05) is 42.8 Å². The van der Waals surface area contributed by atoms with Gasteiger partial charge in [0.2, 0.25) is 0 Å². The van der Waals surface area contributed by atoms with Gasteiger partial charge in [-0.25, -0.2) is 4.79 Å². The van der Waals surface area contributed by atoms with Crippen molar-refractivity contribution >= 4 is 23.5 Å². The first-order chi connectivity index (χ1) is 10.7. The molecule has 116 valence electrons. The number of hydrogen-bond donors (Lipinski definition) is 1. The van der Waals surface area contributed by atoms with Crippen LogP contribution in [0.2, 0.25) is 0 Å². The molecule has 0 saturated heterocycles. The van der Waals surface area contributed by atoms with Gasteiger partial charge in [-0.15, -0.1) is 11.3 Å². The number of carbonyl (C=O) groups is 1. The molecule has 1 N–H and O–H groups in total. The van der Waals surface area contributed by atoms with Crippen LogP contribution in [0.25, 0.3) is 0 Å². The molecule has 0 bridgehead atoms. The summed E-state index contributed by atoms with van der Waals surface area (Å²) in [5, 5.41) is 12.9. The molecule has 1 aromatic carbocycles. The Hall–Kier alpha value is -2.14. The summed E-state index contributed by atoms with van der Waals surface area (Å²) >= 11 is 1.21. The van der Waals surface area contributed by atoms with Gasteiger partial charge >= 0.3 is 5.97 Å². The lowest BCUT2D eigenvalue weighted by molar-refractivity contribution is 0.0702. The molecule has 0 radical (unpaired) electrons. The first-order valence-corrected chi connectivity index (χ1v) is 8.03. The number of hydrogen-bond acceptors (Lipinski definition) is 4. The highest BCUT2D eigenvalue weighted by atomic mass is 32.1. The van der Waals surface area contributed by atoms with E-state index < -0.39 is 5.97 Å². The molecule has 1 unspecified atom stereocenters. The third-order valence-electron chi connectivity index (χ3n) is 3.19. The fraction of sp³-hybridized carbons (Fsp3) is 0.294. The van der Waals surface area contributed by atoms with Crippen molar-refractivity contribution in [2.24, 2.45) is 5.16 Å². The van der Waals surface area contributed by atoms with E-state index in [0.717, 1.165) is 23.3 Å². The highest BCUT2D eigenvalue weighted by Gasteiger charge is 2.19. The molecule has 1 heterocycles. The summed E-state index contributed by atoms with van der Waals surface area (Å²) in [6.45, 7) is 3.92. The van der Waals surface area contributed by atoms with Crippen molar-refractivity contribution in [2.75, 3.05) is 0 Å². The summed E-state index contributed by atoms with van der Waals surface area (Å²) in [5.74, 6) is -0.924. The van der Waals surface area contributed by atoms with Gasteiger partial charge < -0.3 is 9.94 Å². The fourth-order valence-electron chi connectivity index (χ4n) is 2.16. The number of thiophene rings is 1. The Morgan fingerprint density at radius 2 is 2.05 bits per heavy atom. The lowest BCUT2D eigenvalue weighted by Gasteiger charge is -2.14. The van der Waals surface area contributed by atoms with Crippen LogP contribution in [-0.4, -0.2) is 17.3 Å². The molecule has 0 amide bonds. The second-order valence-electron chi connectivity index (χ2n) is 4.85. The molecular formula is C17H19NO3S. The number of oxime groups is 1. The van der Waals surface area contributed by atoms with E-state index in [1.165, 1.54) is 16.9 Å². The van der Waals surface area contributed by atoms with Gasteiger partial charge in [0.05, 0.1) is 4.88 Å². The monoisotopic (exact) mass is 317 g/mol. The fourth-order valence-corrected chi connectivity index (χ4v) is 3.05. The molecule has 22 heavy (non-hydrogen) atoms. The zero-order chi connectivity index (χ0) is 15.9.